The van der Waals surface area contributed by atoms with Crippen LogP contribution in [0.15, 0.2) is 42.5 Å². The van der Waals surface area contributed by atoms with E-state index < -0.39 is 28.5 Å². The van der Waals surface area contributed by atoms with Crippen molar-refractivity contribution in [1.82, 2.24) is 10.2 Å². The van der Waals surface area contributed by atoms with Crippen molar-refractivity contribution in [2.45, 2.75) is 33.4 Å². The number of carbonyl (C=O) groups is 2. The van der Waals surface area contributed by atoms with Gasteiger partial charge in [0.25, 0.3) is 0 Å². The van der Waals surface area contributed by atoms with Gasteiger partial charge in [-0.05, 0) is 61.7 Å². The Kier molecular flexibility index (Phi) is 8.08. The van der Waals surface area contributed by atoms with Gasteiger partial charge in [0.2, 0.25) is 21.8 Å². The zero-order valence-corrected chi connectivity index (χ0v) is 19.9. The number of rotatable bonds is 8. The smallest absolute Gasteiger partial charge is 0.244 e. The van der Waals surface area contributed by atoms with E-state index in [4.69, 9.17) is 11.6 Å². The Labute approximate surface area is 189 Å². The van der Waals surface area contributed by atoms with E-state index in [0.717, 1.165) is 27.3 Å². The number of amides is 2. The molecule has 0 bridgehead atoms. The highest BCUT2D eigenvalue weighted by Gasteiger charge is 2.29. The SMILES string of the molecule is CNC(=O)[C@H](C)N(Cc1cccc(Cl)c1)C(=O)CN(c1ccc(C)c(C)c1)S(C)(=O)=O. The quantitative estimate of drug-likeness (QED) is 0.649. The van der Waals surface area contributed by atoms with E-state index in [9.17, 15) is 18.0 Å². The number of benzene rings is 2. The first-order valence-electron chi connectivity index (χ1n) is 9.74. The second-order valence-electron chi connectivity index (χ2n) is 7.48. The van der Waals surface area contributed by atoms with E-state index in [0.29, 0.717) is 10.7 Å². The summed E-state index contributed by atoms with van der Waals surface area (Å²) in [6, 6.07) is 11.4. The molecule has 31 heavy (non-hydrogen) atoms. The predicted molar refractivity (Wildman–Crippen MR) is 124 cm³/mol. The highest BCUT2D eigenvalue weighted by atomic mass is 35.5. The van der Waals surface area contributed by atoms with Crippen LogP contribution in [0.5, 0.6) is 0 Å². The molecule has 9 heteroatoms. The number of halogens is 1. The van der Waals surface area contributed by atoms with Crippen molar-refractivity contribution >= 4 is 39.1 Å². The number of hydrogen-bond donors (Lipinski definition) is 1. The normalized spacial score (nSPS) is 12.2. The Balaban J connectivity index is 2.40. The van der Waals surface area contributed by atoms with Gasteiger partial charge in [0.05, 0.1) is 11.9 Å². The van der Waals surface area contributed by atoms with Gasteiger partial charge in [0.15, 0.2) is 0 Å². The molecule has 2 rings (SSSR count). The van der Waals surface area contributed by atoms with Crippen LogP contribution in [-0.2, 0) is 26.2 Å². The van der Waals surface area contributed by atoms with Crippen LogP contribution in [0.1, 0.15) is 23.6 Å². The first-order chi connectivity index (χ1) is 14.4. The molecule has 1 N–H and O–H groups in total. The maximum absolute atomic E-state index is 13.3. The van der Waals surface area contributed by atoms with Gasteiger partial charge in [-0.25, -0.2) is 8.42 Å². The molecule has 0 saturated carbocycles. The molecular weight excluding hydrogens is 438 g/mol. The van der Waals surface area contributed by atoms with Gasteiger partial charge < -0.3 is 10.2 Å². The molecule has 2 aromatic carbocycles. The molecule has 0 radical (unpaired) electrons. The summed E-state index contributed by atoms with van der Waals surface area (Å²) in [5.41, 5.74) is 3.05. The average Bonchev–Trinajstić information content (AvgIpc) is 2.70. The molecule has 0 spiro atoms. The van der Waals surface area contributed by atoms with E-state index >= 15 is 0 Å². The predicted octanol–water partition coefficient (Wildman–Crippen LogP) is 2.89. The maximum Gasteiger partial charge on any atom is 0.244 e. The molecular formula is C22H28ClN3O4S. The summed E-state index contributed by atoms with van der Waals surface area (Å²) in [5, 5.41) is 3.04. The van der Waals surface area contributed by atoms with E-state index in [2.05, 4.69) is 5.32 Å². The highest BCUT2D eigenvalue weighted by Crippen LogP contribution is 2.22. The number of carbonyl (C=O) groups excluding carboxylic acids is 2. The summed E-state index contributed by atoms with van der Waals surface area (Å²) >= 11 is 6.06. The van der Waals surface area contributed by atoms with Crippen LogP contribution >= 0.6 is 11.6 Å². The zero-order chi connectivity index (χ0) is 23.3. The van der Waals surface area contributed by atoms with Crippen molar-refractivity contribution < 1.29 is 18.0 Å². The first kappa shape index (κ1) is 24.7. The van der Waals surface area contributed by atoms with Crippen LogP contribution in [-0.4, -0.2) is 51.0 Å². The van der Waals surface area contributed by atoms with Gasteiger partial charge >= 0.3 is 0 Å². The monoisotopic (exact) mass is 465 g/mol. The van der Waals surface area contributed by atoms with Crippen molar-refractivity contribution in [1.29, 1.82) is 0 Å². The van der Waals surface area contributed by atoms with Gasteiger partial charge in [0.1, 0.15) is 12.6 Å². The molecule has 0 fully saturated rings. The Hall–Kier alpha value is -2.58. The third-order valence-electron chi connectivity index (χ3n) is 5.11. The molecule has 0 unspecified atom stereocenters. The van der Waals surface area contributed by atoms with E-state index in [1.165, 1.54) is 11.9 Å². The van der Waals surface area contributed by atoms with Crippen LogP contribution < -0.4 is 9.62 Å². The fourth-order valence-electron chi connectivity index (χ4n) is 3.12. The molecule has 0 aliphatic rings. The molecule has 1 atom stereocenters. The Morgan fingerprint density at radius 2 is 1.77 bits per heavy atom. The number of likely N-dealkylation sites (N-methyl/N-ethyl adjacent to an activating group) is 1. The van der Waals surface area contributed by atoms with Crippen molar-refractivity contribution in [2.75, 3.05) is 24.2 Å². The minimum Gasteiger partial charge on any atom is -0.357 e. The van der Waals surface area contributed by atoms with Gasteiger partial charge in [-0.1, -0.05) is 29.8 Å². The standard InChI is InChI=1S/C22H28ClN3O4S/c1-15-9-10-20(11-16(15)2)26(31(5,29)30)14-21(27)25(17(3)22(28)24-4)13-18-7-6-8-19(23)12-18/h6-12,17H,13-14H2,1-5H3,(H,24,28)/t17-/m0/s1. The summed E-state index contributed by atoms with van der Waals surface area (Å²) in [5.74, 6) is -0.854. The summed E-state index contributed by atoms with van der Waals surface area (Å²) in [7, 11) is -2.26. The minimum atomic E-state index is -3.74. The number of nitrogens with one attached hydrogen (secondary N) is 1. The Bertz CT molecular complexity index is 1070. The summed E-state index contributed by atoms with van der Waals surface area (Å²) in [6.45, 7) is 5.08. The van der Waals surface area contributed by atoms with E-state index in [1.807, 2.05) is 19.9 Å². The van der Waals surface area contributed by atoms with Gasteiger partial charge in [-0.3, -0.25) is 13.9 Å². The van der Waals surface area contributed by atoms with E-state index in [-0.39, 0.29) is 12.5 Å². The van der Waals surface area contributed by atoms with Crippen LogP contribution in [0.4, 0.5) is 5.69 Å². The fraction of sp³-hybridized carbons (Fsp3) is 0.364. The van der Waals surface area contributed by atoms with Crippen LogP contribution in [0, 0.1) is 13.8 Å². The molecule has 0 aromatic heterocycles. The largest absolute Gasteiger partial charge is 0.357 e. The lowest BCUT2D eigenvalue weighted by Gasteiger charge is -2.31. The Morgan fingerprint density at radius 3 is 2.32 bits per heavy atom. The summed E-state index contributed by atoms with van der Waals surface area (Å²) in [4.78, 5) is 26.9. The van der Waals surface area contributed by atoms with Crippen LogP contribution in [0.3, 0.4) is 0 Å². The van der Waals surface area contributed by atoms with Crippen molar-refractivity contribution in [3.63, 3.8) is 0 Å². The number of anilines is 1. The fourth-order valence-corrected chi connectivity index (χ4v) is 4.17. The maximum atomic E-state index is 13.3. The van der Waals surface area contributed by atoms with Gasteiger partial charge in [-0.15, -0.1) is 0 Å². The lowest BCUT2D eigenvalue weighted by molar-refractivity contribution is -0.139. The van der Waals surface area contributed by atoms with Crippen LogP contribution in [0.25, 0.3) is 0 Å². The molecule has 0 heterocycles. The molecule has 7 nitrogen and oxygen atoms in total. The Morgan fingerprint density at radius 1 is 1.10 bits per heavy atom. The minimum absolute atomic E-state index is 0.110. The third kappa shape index (κ3) is 6.45. The van der Waals surface area contributed by atoms with Gasteiger partial charge in [-0.2, -0.15) is 0 Å². The topological polar surface area (TPSA) is 86.8 Å². The lowest BCUT2D eigenvalue weighted by Crippen LogP contribution is -2.50. The van der Waals surface area contributed by atoms with Crippen molar-refractivity contribution in [2.24, 2.45) is 0 Å². The lowest BCUT2D eigenvalue weighted by atomic mass is 10.1. The molecule has 0 aliphatic carbocycles. The van der Waals surface area contributed by atoms with Crippen LogP contribution in [0.2, 0.25) is 5.02 Å². The first-order valence-corrected chi connectivity index (χ1v) is 12.0. The molecule has 2 aromatic rings. The van der Waals surface area contributed by atoms with Crippen molar-refractivity contribution in [3.05, 3.63) is 64.2 Å². The third-order valence-corrected chi connectivity index (χ3v) is 6.49. The second-order valence-corrected chi connectivity index (χ2v) is 9.82. The number of aryl methyl sites for hydroxylation is 2. The number of nitrogens with zero attached hydrogens (tertiary/aromatic N) is 2. The summed E-state index contributed by atoms with van der Waals surface area (Å²) in [6.07, 6.45) is 1.05. The van der Waals surface area contributed by atoms with Gasteiger partial charge in [0, 0.05) is 18.6 Å². The number of hydrogen-bond acceptors (Lipinski definition) is 4. The molecule has 168 valence electrons. The second kappa shape index (κ2) is 10.2. The van der Waals surface area contributed by atoms with Crippen molar-refractivity contribution in [3.8, 4) is 0 Å². The highest BCUT2D eigenvalue weighted by molar-refractivity contribution is 7.92. The molecule has 2 amide bonds. The number of sulfonamides is 1. The summed E-state index contributed by atoms with van der Waals surface area (Å²) < 4.78 is 26.1. The zero-order valence-electron chi connectivity index (χ0n) is 18.3. The van der Waals surface area contributed by atoms with E-state index in [1.54, 1.807) is 43.3 Å². The molecule has 0 saturated heterocycles. The molecule has 0 aliphatic heterocycles. The average molecular weight is 466 g/mol.